The van der Waals surface area contributed by atoms with E-state index in [1.54, 1.807) is 6.07 Å². The number of halogens is 2. The van der Waals surface area contributed by atoms with Crippen LogP contribution in [-0.4, -0.2) is 4.57 Å². The maximum absolute atomic E-state index is 13.3. The molecule has 0 saturated heterocycles. The highest BCUT2D eigenvalue weighted by molar-refractivity contribution is 9.10. The normalized spacial score (nSPS) is 13.3. The van der Waals surface area contributed by atoms with Crippen LogP contribution in [0.5, 0.6) is 0 Å². The molecule has 3 heteroatoms. The molecule has 0 aliphatic carbocycles. The van der Waals surface area contributed by atoms with Crippen LogP contribution < -0.4 is 0 Å². The van der Waals surface area contributed by atoms with Gasteiger partial charge in [-0.05, 0) is 47.5 Å². The van der Waals surface area contributed by atoms with Gasteiger partial charge in [0.2, 0.25) is 0 Å². The summed E-state index contributed by atoms with van der Waals surface area (Å²) in [7, 11) is 0. The van der Waals surface area contributed by atoms with Crippen LogP contribution in [0.2, 0.25) is 0 Å². The Morgan fingerprint density at radius 1 is 1.47 bits per heavy atom. The van der Waals surface area contributed by atoms with Crippen LogP contribution in [0.1, 0.15) is 19.9 Å². The Hall–Kier alpha value is -0.830. The number of nitrogens with zero attached hydrogens (tertiary/aromatic N) is 1. The third kappa shape index (κ3) is 1.81. The first-order chi connectivity index (χ1) is 7.13. The van der Waals surface area contributed by atoms with E-state index in [0.717, 1.165) is 10.9 Å². The minimum Gasteiger partial charge on any atom is -0.344 e. The second-order valence-corrected chi connectivity index (χ2v) is 4.48. The zero-order valence-electron chi connectivity index (χ0n) is 8.67. The minimum absolute atomic E-state index is 0.214. The maximum atomic E-state index is 13.3. The molecule has 0 bridgehead atoms. The van der Waals surface area contributed by atoms with E-state index in [9.17, 15) is 4.39 Å². The van der Waals surface area contributed by atoms with Crippen LogP contribution >= 0.6 is 15.9 Å². The average molecular weight is 269 g/mol. The van der Waals surface area contributed by atoms with Crippen molar-refractivity contribution in [3.8, 4) is 0 Å². The Labute approximate surface area is 97.0 Å². The van der Waals surface area contributed by atoms with Gasteiger partial charge in [0.25, 0.3) is 0 Å². The van der Waals surface area contributed by atoms with Gasteiger partial charge in [-0.15, -0.1) is 0 Å². The van der Waals surface area contributed by atoms with E-state index in [4.69, 9.17) is 0 Å². The van der Waals surface area contributed by atoms with Crippen LogP contribution in [0.25, 0.3) is 10.9 Å². The molecule has 79 valence electrons. The summed E-state index contributed by atoms with van der Waals surface area (Å²) in [6.45, 7) is 4.13. The van der Waals surface area contributed by atoms with Gasteiger partial charge >= 0.3 is 0 Å². The van der Waals surface area contributed by atoms with Crippen molar-refractivity contribution in [2.75, 3.05) is 0 Å². The van der Waals surface area contributed by atoms with Gasteiger partial charge in [0.1, 0.15) is 5.82 Å². The highest BCUT2D eigenvalue weighted by Gasteiger charge is 2.09. The van der Waals surface area contributed by atoms with E-state index in [1.165, 1.54) is 0 Å². The van der Waals surface area contributed by atoms with Gasteiger partial charge in [0, 0.05) is 23.1 Å². The maximum Gasteiger partial charge on any atom is 0.138 e. The molecule has 0 aliphatic heterocycles. The molecule has 1 atom stereocenters. The molecule has 0 aliphatic rings. The fourth-order valence-corrected chi connectivity index (χ4v) is 2.00. The van der Waals surface area contributed by atoms with Crippen molar-refractivity contribution in [1.29, 1.82) is 0 Å². The van der Waals surface area contributed by atoms with E-state index in [0.29, 0.717) is 10.5 Å². The predicted molar refractivity (Wildman–Crippen MR) is 64.3 cm³/mol. The molecule has 1 nitrogen and oxygen atoms in total. The van der Waals surface area contributed by atoms with Crippen molar-refractivity contribution in [2.45, 2.75) is 19.9 Å². The summed E-state index contributed by atoms with van der Waals surface area (Å²) in [5, 5.41) is 0.935. The Balaban J connectivity index is 2.64. The van der Waals surface area contributed by atoms with E-state index in [2.05, 4.69) is 33.8 Å². The van der Waals surface area contributed by atoms with Crippen LogP contribution in [0, 0.1) is 12.2 Å². The first-order valence-electron chi connectivity index (χ1n) is 4.88. The molecule has 0 spiro atoms. The molecule has 1 heterocycles. The van der Waals surface area contributed by atoms with Crippen LogP contribution in [0.4, 0.5) is 4.39 Å². The zero-order valence-corrected chi connectivity index (χ0v) is 10.3. The second-order valence-electron chi connectivity index (χ2n) is 3.62. The van der Waals surface area contributed by atoms with Gasteiger partial charge in [-0.3, -0.25) is 0 Å². The third-order valence-corrected chi connectivity index (χ3v) is 3.29. The van der Waals surface area contributed by atoms with Gasteiger partial charge < -0.3 is 4.57 Å². The van der Waals surface area contributed by atoms with Crippen LogP contribution in [0.3, 0.4) is 0 Å². The molecule has 1 aromatic heterocycles. The lowest BCUT2D eigenvalue weighted by atomic mass is 10.2. The van der Waals surface area contributed by atoms with Crippen LogP contribution in [0.15, 0.2) is 28.9 Å². The van der Waals surface area contributed by atoms with E-state index in [1.807, 2.05) is 25.3 Å². The summed E-state index contributed by atoms with van der Waals surface area (Å²) in [6.07, 6.45) is 4.10. The topological polar surface area (TPSA) is 4.93 Å². The van der Waals surface area contributed by atoms with Gasteiger partial charge in [-0.2, -0.15) is 0 Å². The third-order valence-electron chi connectivity index (χ3n) is 2.68. The van der Waals surface area contributed by atoms with E-state index >= 15 is 0 Å². The molecule has 15 heavy (non-hydrogen) atoms. The monoisotopic (exact) mass is 268 g/mol. The van der Waals surface area contributed by atoms with Crippen molar-refractivity contribution in [3.63, 3.8) is 0 Å². The molecule has 2 aromatic rings. The summed E-state index contributed by atoms with van der Waals surface area (Å²) in [5.74, 6) is -0.214. The molecule has 2 rings (SSSR count). The Morgan fingerprint density at radius 2 is 2.20 bits per heavy atom. The Bertz CT molecular complexity index is 490. The van der Waals surface area contributed by atoms with Crippen LogP contribution in [-0.2, 0) is 0 Å². The Kier molecular flexibility index (Phi) is 2.83. The smallest absolute Gasteiger partial charge is 0.138 e. The van der Waals surface area contributed by atoms with Crippen molar-refractivity contribution in [1.82, 2.24) is 4.57 Å². The Morgan fingerprint density at radius 3 is 2.87 bits per heavy atom. The first kappa shape index (κ1) is 10.7. The molecule has 1 radical (unpaired) electrons. The number of benzene rings is 1. The molecule has 1 unspecified atom stereocenters. The van der Waals surface area contributed by atoms with Crippen molar-refractivity contribution >= 4 is 26.8 Å². The molecule has 0 saturated carbocycles. The number of fused-ring (bicyclic) bond motifs is 1. The first-order valence-corrected chi connectivity index (χ1v) is 5.68. The quantitative estimate of drug-likeness (QED) is 0.764. The fraction of sp³-hybridized carbons (Fsp3) is 0.250. The lowest BCUT2D eigenvalue weighted by Crippen LogP contribution is -2.02. The fourth-order valence-electron chi connectivity index (χ4n) is 1.67. The molecule has 0 fully saturated rings. The number of hydrogen-bond donors (Lipinski definition) is 0. The molecule has 1 aromatic carbocycles. The molecule has 0 N–H and O–H groups in total. The molecule has 0 amide bonds. The highest BCUT2D eigenvalue weighted by atomic mass is 79.9. The summed E-state index contributed by atoms with van der Waals surface area (Å²) in [4.78, 5) is 0. The molecular weight excluding hydrogens is 257 g/mol. The van der Waals surface area contributed by atoms with Crippen molar-refractivity contribution in [3.05, 3.63) is 41.1 Å². The standard InChI is InChI=1S/C12H12BrFN/c1-3-8(2)15-5-4-9-6-11(14)10(13)7-12(9)15/h3-8H,1-2H3. The minimum atomic E-state index is -0.214. The van der Waals surface area contributed by atoms with E-state index in [-0.39, 0.29) is 5.82 Å². The van der Waals surface area contributed by atoms with Gasteiger partial charge in [-0.1, -0.05) is 6.92 Å². The molecular formula is C12H12BrFN. The number of rotatable bonds is 2. The number of hydrogen-bond acceptors (Lipinski definition) is 0. The summed E-state index contributed by atoms with van der Waals surface area (Å²) in [6, 6.07) is 5.63. The SMILES string of the molecule is C[CH]C(C)n1ccc2cc(F)c(Br)cc21. The zero-order chi connectivity index (χ0) is 11.0. The predicted octanol–water partition coefficient (Wildman–Crippen LogP) is 4.33. The van der Waals surface area contributed by atoms with Gasteiger partial charge in [0.05, 0.1) is 4.47 Å². The van der Waals surface area contributed by atoms with Gasteiger partial charge in [-0.25, -0.2) is 4.39 Å². The average Bonchev–Trinajstić information content (AvgIpc) is 2.61. The summed E-state index contributed by atoms with van der Waals surface area (Å²) < 4.78 is 15.9. The lowest BCUT2D eigenvalue weighted by Gasteiger charge is -2.12. The summed E-state index contributed by atoms with van der Waals surface area (Å²) in [5.41, 5.74) is 1.05. The summed E-state index contributed by atoms with van der Waals surface area (Å²) >= 11 is 3.21. The number of aromatic nitrogens is 1. The highest BCUT2D eigenvalue weighted by Crippen LogP contribution is 2.26. The van der Waals surface area contributed by atoms with Crippen molar-refractivity contribution in [2.24, 2.45) is 0 Å². The van der Waals surface area contributed by atoms with Crippen molar-refractivity contribution < 1.29 is 4.39 Å². The second kappa shape index (κ2) is 3.97. The lowest BCUT2D eigenvalue weighted by molar-refractivity contribution is 0.620. The largest absolute Gasteiger partial charge is 0.344 e. The van der Waals surface area contributed by atoms with Gasteiger partial charge in [0.15, 0.2) is 0 Å². The van der Waals surface area contributed by atoms with E-state index < -0.39 is 0 Å².